The molecule has 0 spiro atoms. The van der Waals surface area contributed by atoms with Gasteiger partial charge in [0, 0.05) is 38.4 Å². The summed E-state index contributed by atoms with van der Waals surface area (Å²) < 4.78 is 2.16. The van der Waals surface area contributed by atoms with Gasteiger partial charge in [-0.3, -0.25) is 4.79 Å². The van der Waals surface area contributed by atoms with Crippen LogP contribution in [0.5, 0.6) is 0 Å². The van der Waals surface area contributed by atoms with E-state index in [2.05, 4.69) is 36.9 Å². The molecule has 0 unspecified atom stereocenters. The molecule has 0 radical (unpaired) electrons. The molecule has 1 aromatic heterocycles. The quantitative estimate of drug-likeness (QED) is 0.754. The monoisotopic (exact) mass is 222 g/mol. The van der Waals surface area contributed by atoms with Crippen molar-refractivity contribution in [2.75, 3.05) is 13.1 Å². The second-order valence-electron chi connectivity index (χ2n) is 4.10. The van der Waals surface area contributed by atoms with Gasteiger partial charge in [0.2, 0.25) is 5.91 Å². The first-order valence-corrected chi connectivity index (χ1v) is 6.07. The Balaban J connectivity index is 0.000000160. The van der Waals surface area contributed by atoms with Gasteiger partial charge in [0.15, 0.2) is 0 Å². The number of rotatable bonds is 2. The smallest absolute Gasteiger partial charge is 0.222 e. The van der Waals surface area contributed by atoms with E-state index in [1.54, 1.807) is 0 Å². The summed E-state index contributed by atoms with van der Waals surface area (Å²) in [5.74, 6) is 0.326. The fourth-order valence-electron chi connectivity index (χ4n) is 1.80. The Bertz CT molecular complexity index is 330. The molecule has 0 aromatic carbocycles. The molecule has 1 fully saturated rings. The van der Waals surface area contributed by atoms with Gasteiger partial charge in [0.05, 0.1) is 0 Å². The van der Waals surface area contributed by atoms with Crippen molar-refractivity contribution in [3.05, 3.63) is 24.0 Å². The van der Waals surface area contributed by atoms with E-state index in [1.807, 2.05) is 11.8 Å². The molecule has 3 nitrogen and oxygen atoms in total. The number of hydrogen-bond donors (Lipinski definition) is 0. The van der Waals surface area contributed by atoms with Crippen LogP contribution in [0.3, 0.4) is 0 Å². The highest BCUT2D eigenvalue weighted by Crippen LogP contribution is 2.07. The van der Waals surface area contributed by atoms with Crippen LogP contribution in [-0.4, -0.2) is 28.5 Å². The van der Waals surface area contributed by atoms with Crippen LogP contribution in [0.25, 0.3) is 0 Å². The van der Waals surface area contributed by atoms with Crippen LogP contribution < -0.4 is 0 Å². The Labute approximate surface area is 98.1 Å². The molecule has 1 aromatic rings. The van der Waals surface area contributed by atoms with E-state index < -0.39 is 0 Å². The first-order chi connectivity index (χ1) is 7.67. The van der Waals surface area contributed by atoms with Gasteiger partial charge in [-0.15, -0.1) is 0 Å². The van der Waals surface area contributed by atoms with E-state index in [0.29, 0.717) is 5.91 Å². The van der Waals surface area contributed by atoms with E-state index in [-0.39, 0.29) is 0 Å². The highest BCUT2D eigenvalue weighted by molar-refractivity contribution is 5.77. The summed E-state index contributed by atoms with van der Waals surface area (Å²) in [6, 6.07) is 2.11. The molecule has 3 heteroatoms. The summed E-state index contributed by atoms with van der Waals surface area (Å²) in [5.41, 5.74) is 1.34. The zero-order valence-corrected chi connectivity index (χ0v) is 10.6. The highest BCUT2D eigenvalue weighted by Gasteiger charge is 2.16. The fourth-order valence-corrected chi connectivity index (χ4v) is 1.80. The van der Waals surface area contributed by atoms with Crippen LogP contribution in [-0.2, 0) is 11.3 Å². The Morgan fingerprint density at radius 2 is 2.06 bits per heavy atom. The topological polar surface area (TPSA) is 25.2 Å². The molecule has 0 N–H and O–H groups in total. The molecular formula is C13H22N2O. The van der Waals surface area contributed by atoms with Gasteiger partial charge in [-0.25, -0.2) is 0 Å². The SMILES string of the molecule is CCN1CCCC1=O.CCn1ccc(C)c1. The van der Waals surface area contributed by atoms with Crippen LogP contribution in [0.15, 0.2) is 18.5 Å². The Morgan fingerprint density at radius 1 is 1.31 bits per heavy atom. The van der Waals surface area contributed by atoms with Gasteiger partial charge < -0.3 is 9.47 Å². The van der Waals surface area contributed by atoms with Gasteiger partial charge in [-0.05, 0) is 38.8 Å². The maximum atomic E-state index is 10.7. The highest BCUT2D eigenvalue weighted by atomic mass is 16.2. The Morgan fingerprint density at radius 3 is 2.31 bits per heavy atom. The summed E-state index contributed by atoms with van der Waals surface area (Å²) in [6.45, 7) is 9.21. The largest absolute Gasteiger partial charge is 0.354 e. The summed E-state index contributed by atoms with van der Waals surface area (Å²) in [6.07, 6.45) is 6.07. The molecule has 1 aliphatic heterocycles. The lowest BCUT2D eigenvalue weighted by molar-refractivity contribution is -0.127. The minimum atomic E-state index is 0.326. The number of carbonyl (C=O) groups excluding carboxylic acids is 1. The molecule has 16 heavy (non-hydrogen) atoms. The summed E-state index contributed by atoms with van der Waals surface area (Å²) in [7, 11) is 0. The number of carbonyl (C=O) groups is 1. The average Bonchev–Trinajstić information content (AvgIpc) is 2.87. The zero-order valence-electron chi connectivity index (χ0n) is 10.6. The Kier molecular flexibility index (Phi) is 5.09. The third-order valence-electron chi connectivity index (χ3n) is 2.82. The lowest BCUT2D eigenvalue weighted by atomic mass is 10.4. The van der Waals surface area contributed by atoms with Crippen LogP contribution in [0.4, 0.5) is 0 Å². The van der Waals surface area contributed by atoms with E-state index in [0.717, 1.165) is 32.5 Å². The molecule has 1 saturated heterocycles. The molecule has 1 amide bonds. The van der Waals surface area contributed by atoms with Gasteiger partial charge in [-0.2, -0.15) is 0 Å². The normalized spacial score (nSPS) is 14.9. The third-order valence-corrected chi connectivity index (χ3v) is 2.82. The second kappa shape index (κ2) is 6.36. The van der Waals surface area contributed by atoms with Crippen molar-refractivity contribution in [1.82, 2.24) is 9.47 Å². The number of aryl methyl sites for hydroxylation is 2. The minimum Gasteiger partial charge on any atom is -0.354 e. The number of likely N-dealkylation sites (tertiary alicyclic amines) is 1. The molecular weight excluding hydrogens is 200 g/mol. The van der Waals surface area contributed by atoms with Crippen LogP contribution in [0.1, 0.15) is 32.3 Å². The van der Waals surface area contributed by atoms with E-state index in [4.69, 9.17) is 0 Å². The van der Waals surface area contributed by atoms with E-state index >= 15 is 0 Å². The Hall–Kier alpha value is -1.25. The number of nitrogens with zero attached hydrogens (tertiary/aromatic N) is 2. The van der Waals surface area contributed by atoms with E-state index in [9.17, 15) is 4.79 Å². The van der Waals surface area contributed by atoms with E-state index in [1.165, 1.54) is 5.56 Å². The van der Waals surface area contributed by atoms with Crippen molar-refractivity contribution in [2.24, 2.45) is 0 Å². The number of aromatic nitrogens is 1. The third kappa shape index (κ3) is 3.72. The maximum absolute atomic E-state index is 10.7. The summed E-state index contributed by atoms with van der Waals surface area (Å²) in [4.78, 5) is 12.6. The van der Waals surface area contributed by atoms with Gasteiger partial charge in [0.1, 0.15) is 0 Å². The minimum absolute atomic E-state index is 0.326. The van der Waals surface area contributed by atoms with Crippen molar-refractivity contribution < 1.29 is 4.79 Å². The van der Waals surface area contributed by atoms with Crippen LogP contribution >= 0.6 is 0 Å². The van der Waals surface area contributed by atoms with Crippen molar-refractivity contribution in [1.29, 1.82) is 0 Å². The first kappa shape index (κ1) is 12.8. The molecule has 90 valence electrons. The lowest BCUT2D eigenvalue weighted by Crippen LogP contribution is -2.23. The maximum Gasteiger partial charge on any atom is 0.222 e. The predicted octanol–water partition coefficient (Wildman–Crippen LogP) is 2.45. The van der Waals surface area contributed by atoms with Gasteiger partial charge in [-0.1, -0.05) is 0 Å². The molecule has 0 aliphatic carbocycles. The predicted molar refractivity (Wildman–Crippen MR) is 66.3 cm³/mol. The van der Waals surface area contributed by atoms with Crippen LogP contribution in [0.2, 0.25) is 0 Å². The van der Waals surface area contributed by atoms with Crippen molar-refractivity contribution >= 4 is 5.91 Å². The molecule has 1 aliphatic rings. The van der Waals surface area contributed by atoms with Gasteiger partial charge in [0.25, 0.3) is 0 Å². The molecule has 0 bridgehead atoms. The molecule has 2 heterocycles. The molecule has 2 rings (SSSR count). The lowest BCUT2D eigenvalue weighted by Gasteiger charge is -2.10. The van der Waals surface area contributed by atoms with Crippen molar-refractivity contribution in [2.45, 2.75) is 40.2 Å². The van der Waals surface area contributed by atoms with Gasteiger partial charge >= 0.3 is 0 Å². The number of hydrogen-bond acceptors (Lipinski definition) is 1. The standard InChI is InChI=1S/C7H11N.C6H11NO/c1-3-8-5-4-7(2)6-8;1-2-7-5-3-4-6(7)8/h4-6H,3H2,1-2H3;2-5H2,1H3. The van der Waals surface area contributed by atoms with Crippen molar-refractivity contribution in [3.63, 3.8) is 0 Å². The first-order valence-electron chi connectivity index (χ1n) is 6.07. The summed E-state index contributed by atoms with van der Waals surface area (Å²) in [5, 5.41) is 0. The average molecular weight is 222 g/mol. The fraction of sp³-hybridized carbons (Fsp3) is 0.615. The second-order valence-corrected chi connectivity index (χ2v) is 4.10. The molecule has 0 atom stereocenters. The zero-order chi connectivity index (χ0) is 12.0. The molecule has 0 saturated carbocycles. The number of amides is 1. The van der Waals surface area contributed by atoms with Crippen LogP contribution in [0, 0.1) is 6.92 Å². The van der Waals surface area contributed by atoms with Crippen molar-refractivity contribution in [3.8, 4) is 0 Å². The summed E-state index contributed by atoms with van der Waals surface area (Å²) >= 11 is 0.